The van der Waals surface area contributed by atoms with Crippen molar-refractivity contribution < 1.29 is 9.18 Å². The van der Waals surface area contributed by atoms with Crippen molar-refractivity contribution in [3.05, 3.63) is 34.1 Å². The average molecular weight is 330 g/mol. The van der Waals surface area contributed by atoms with Crippen LogP contribution in [0.1, 0.15) is 32.3 Å². The van der Waals surface area contributed by atoms with Crippen LogP contribution >= 0.6 is 15.9 Å². The van der Waals surface area contributed by atoms with Crippen LogP contribution in [0, 0.1) is 5.82 Å². The molecule has 0 saturated carbocycles. The van der Waals surface area contributed by atoms with Crippen molar-refractivity contribution in [3.8, 4) is 0 Å². The Morgan fingerprint density at radius 1 is 1.26 bits per heavy atom. The molecule has 0 radical (unpaired) electrons. The van der Waals surface area contributed by atoms with Gasteiger partial charge >= 0.3 is 0 Å². The second-order valence-corrected chi connectivity index (χ2v) is 5.93. The van der Waals surface area contributed by atoms with E-state index in [0.29, 0.717) is 10.0 Å². The molecule has 0 saturated heterocycles. The smallest absolute Gasteiger partial charge is 0.157 e. The fourth-order valence-electron chi connectivity index (χ4n) is 2.59. The van der Waals surface area contributed by atoms with Gasteiger partial charge < -0.3 is 0 Å². The Labute approximate surface area is 123 Å². The zero-order valence-corrected chi connectivity index (χ0v) is 13.6. The van der Waals surface area contributed by atoms with E-state index in [4.69, 9.17) is 0 Å². The number of hydrogen-bond acceptors (Lipinski definition) is 2. The lowest BCUT2D eigenvalue weighted by atomic mass is 9.83. The van der Waals surface area contributed by atoms with Gasteiger partial charge in [0.15, 0.2) is 5.78 Å². The van der Waals surface area contributed by atoms with E-state index >= 15 is 0 Å². The first kappa shape index (κ1) is 16.3. The molecule has 19 heavy (non-hydrogen) atoms. The van der Waals surface area contributed by atoms with Gasteiger partial charge in [0.1, 0.15) is 5.82 Å². The molecule has 0 aliphatic rings. The molecule has 0 heterocycles. The normalized spacial score (nSPS) is 11.9. The topological polar surface area (TPSA) is 20.3 Å². The Kier molecular flexibility index (Phi) is 5.68. The number of Topliss-reactive ketones (excluding diaryl/α,β-unsaturated/α-hetero) is 1. The number of carbonyl (C=O) groups excluding carboxylic acids is 1. The predicted molar refractivity (Wildman–Crippen MR) is 79.8 cm³/mol. The van der Waals surface area contributed by atoms with Gasteiger partial charge in [-0.3, -0.25) is 9.69 Å². The highest BCUT2D eigenvalue weighted by atomic mass is 79.9. The maximum Gasteiger partial charge on any atom is 0.157 e. The van der Waals surface area contributed by atoms with E-state index in [1.165, 1.54) is 12.1 Å². The summed E-state index contributed by atoms with van der Waals surface area (Å²) in [5, 5.41) is 0. The molecule has 0 N–H and O–H groups in total. The molecule has 0 atom stereocenters. The Hall–Kier alpha value is -0.740. The van der Waals surface area contributed by atoms with Crippen LogP contribution < -0.4 is 0 Å². The van der Waals surface area contributed by atoms with Crippen LogP contribution in [0.4, 0.5) is 4.39 Å². The SMILES string of the molecule is CCC(CC)(C(=O)Cc1cc(F)cc(Br)c1)N(C)C. The van der Waals surface area contributed by atoms with Gasteiger partial charge in [0.2, 0.25) is 0 Å². The minimum absolute atomic E-state index is 0.139. The molecule has 106 valence electrons. The van der Waals surface area contributed by atoms with E-state index in [9.17, 15) is 9.18 Å². The van der Waals surface area contributed by atoms with Crippen LogP contribution in [0.25, 0.3) is 0 Å². The first-order chi connectivity index (χ1) is 8.85. The largest absolute Gasteiger partial charge is 0.297 e. The summed E-state index contributed by atoms with van der Waals surface area (Å²) in [6.07, 6.45) is 1.77. The molecule has 0 fully saturated rings. The van der Waals surface area contributed by atoms with Crippen molar-refractivity contribution in [1.29, 1.82) is 0 Å². The molecule has 0 aliphatic carbocycles. The van der Waals surface area contributed by atoms with Gasteiger partial charge in [0.05, 0.1) is 5.54 Å². The number of rotatable bonds is 6. The third-order valence-corrected chi connectivity index (χ3v) is 4.29. The lowest BCUT2D eigenvalue weighted by Gasteiger charge is -2.37. The summed E-state index contributed by atoms with van der Waals surface area (Å²) in [6.45, 7) is 4.03. The van der Waals surface area contributed by atoms with Crippen molar-refractivity contribution in [2.75, 3.05) is 14.1 Å². The third-order valence-electron chi connectivity index (χ3n) is 3.83. The zero-order chi connectivity index (χ0) is 14.6. The lowest BCUT2D eigenvalue weighted by molar-refractivity contribution is -0.129. The number of ketones is 1. The molecule has 0 amide bonds. The highest BCUT2D eigenvalue weighted by molar-refractivity contribution is 9.10. The van der Waals surface area contributed by atoms with E-state index in [0.717, 1.165) is 12.8 Å². The average Bonchev–Trinajstić information content (AvgIpc) is 2.29. The first-order valence-corrected chi connectivity index (χ1v) is 7.30. The van der Waals surface area contributed by atoms with Crippen molar-refractivity contribution in [1.82, 2.24) is 4.90 Å². The number of nitrogens with zero attached hydrogens (tertiary/aromatic N) is 1. The van der Waals surface area contributed by atoms with Crippen LogP contribution in [-0.2, 0) is 11.2 Å². The first-order valence-electron chi connectivity index (χ1n) is 6.51. The molecular weight excluding hydrogens is 309 g/mol. The number of hydrogen-bond donors (Lipinski definition) is 0. The molecule has 0 unspecified atom stereocenters. The Balaban J connectivity index is 3.00. The summed E-state index contributed by atoms with van der Waals surface area (Å²) < 4.78 is 14.0. The van der Waals surface area contributed by atoms with E-state index < -0.39 is 5.54 Å². The fraction of sp³-hybridized carbons (Fsp3) is 0.533. The molecule has 1 rings (SSSR count). The van der Waals surface area contributed by atoms with Crippen LogP contribution in [0.5, 0.6) is 0 Å². The molecule has 1 aromatic rings. The highest BCUT2D eigenvalue weighted by Gasteiger charge is 2.36. The molecule has 0 bridgehead atoms. The molecule has 2 nitrogen and oxygen atoms in total. The summed E-state index contributed by atoms with van der Waals surface area (Å²) >= 11 is 3.25. The summed E-state index contributed by atoms with van der Waals surface area (Å²) in [4.78, 5) is 14.6. The second kappa shape index (κ2) is 6.62. The summed E-state index contributed by atoms with van der Waals surface area (Å²) in [6, 6.07) is 4.62. The van der Waals surface area contributed by atoms with Gasteiger partial charge in [-0.2, -0.15) is 0 Å². The van der Waals surface area contributed by atoms with Crippen LogP contribution in [0.3, 0.4) is 0 Å². The van der Waals surface area contributed by atoms with Gasteiger partial charge in [-0.1, -0.05) is 29.8 Å². The van der Waals surface area contributed by atoms with E-state index in [2.05, 4.69) is 15.9 Å². The van der Waals surface area contributed by atoms with Crippen LogP contribution in [0.15, 0.2) is 22.7 Å². The number of benzene rings is 1. The van der Waals surface area contributed by atoms with Crippen molar-refractivity contribution in [2.24, 2.45) is 0 Å². The van der Waals surface area contributed by atoms with Crippen LogP contribution in [0.2, 0.25) is 0 Å². The Morgan fingerprint density at radius 2 is 1.84 bits per heavy atom. The minimum atomic E-state index is -0.460. The van der Waals surface area contributed by atoms with Crippen LogP contribution in [-0.4, -0.2) is 30.3 Å². The monoisotopic (exact) mass is 329 g/mol. The number of halogens is 2. The molecule has 4 heteroatoms. The number of likely N-dealkylation sites (N-methyl/N-ethyl adjacent to an activating group) is 1. The Bertz CT molecular complexity index is 435. The summed E-state index contributed by atoms with van der Waals surface area (Å²) in [7, 11) is 3.85. The lowest BCUT2D eigenvalue weighted by Crippen LogP contribution is -2.50. The molecular formula is C15H21BrFNO. The van der Waals surface area contributed by atoms with Gasteiger partial charge in [-0.25, -0.2) is 4.39 Å². The van der Waals surface area contributed by atoms with Gasteiger partial charge in [-0.05, 0) is 50.7 Å². The Morgan fingerprint density at radius 3 is 2.26 bits per heavy atom. The van der Waals surface area contributed by atoms with Crippen molar-refractivity contribution >= 4 is 21.7 Å². The van der Waals surface area contributed by atoms with Gasteiger partial charge in [-0.15, -0.1) is 0 Å². The highest BCUT2D eigenvalue weighted by Crippen LogP contribution is 2.25. The third kappa shape index (κ3) is 3.63. The molecule has 0 aliphatic heterocycles. The van der Waals surface area contributed by atoms with Crippen molar-refractivity contribution in [2.45, 2.75) is 38.6 Å². The van der Waals surface area contributed by atoms with Gasteiger partial charge in [0, 0.05) is 10.9 Å². The maximum absolute atomic E-state index is 13.3. The maximum atomic E-state index is 13.3. The van der Waals surface area contributed by atoms with Crippen molar-refractivity contribution in [3.63, 3.8) is 0 Å². The predicted octanol–water partition coefficient (Wildman–Crippen LogP) is 3.82. The van der Waals surface area contributed by atoms with Gasteiger partial charge in [0.25, 0.3) is 0 Å². The van der Waals surface area contributed by atoms with E-state index in [1.807, 2.05) is 32.8 Å². The zero-order valence-electron chi connectivity index (χ0n) is 12.0. The summed E-state index contributed by atoms with van der Waals surface area (Å²) in [5.74, 6) is -0.180. The van der Waals surface area contributed by atoms with E-state index in [1.54, 1.807) is 6.07 Å². The molecule has 0 spiro atoms. The second-order valence-electron chi connectivity index (χ2n) is 5.01. The minimum Gasteiger partial charge on any atom is -0.297 e. The fourth-order valence-corrected chi connectivity index (χ4v) is 3.10. The summed E-state index contributed by atoms with van der Waals surface area (Å²) in [5.41, 5.74) is 0.253. The quantitative estimate of drug-likeness (QED) is 0.790. The van der Waals surface area contributed by atoms with E-state index in [-0.39, 0.29) is 18.0 Å². The number of carbonyl (C=O) groups is 1. The molecule has 0 aromatic heterocycles. The molecule has 1 aromatic carbocycles. The standard InChI is InChI=1S/C15H21BrFNO/c1-5-15(6-2,18(3)4)14(19)9-11-7-12(16)10-13(17)8-11/h7-8,10H,5-6,9H2,1-4H3.